The number of halogens is 1. The molecule has 0 aromatic carbocycles. The summed E-state index contributed by atoms with van der Waals surface area (Å²) >= 11 is 0. The summed E-state index contributed by atoms with van der Waals surface area (Å²) in [4.78, 5) is 22.2. The minimum absolute atomic E-state index is 0.0475. The predicted molar refractivity (Wildman–Crippen MR) is 58.0 cm³/mol. The third-order valence-electron chi connectivity index (χ3n) is 2.43. The second-order valence-electron chi connectivity index (χ2n) is 3.76. The van der Waals surface area contributed by atoms with Crippen LogP contribution in [0.2, 0.25) is 0 Å². The molecule has 0 aromatic rings. The van der Waals surface area contributed by atoms with Gasteiger partial charge in [0.15, 0.2) is 17.4 Å². The maximum Gasteiger partial charge on any atom is 0.193 e. The van der Waals surface area contributed by atoms with Gasteiger partial charge in [-0.05, 0) is 18.9 Å². The summed E-state index contributed by atoms with van der Waals surface area (Å²) in [5, 5.41) is 0. The molecule has 0 amide bonds. The minimum Gasteiger partial charge on any atom is -0.295 e. The number of ketones is 2. The highest BCUT2D eigenvalue weighted by Crippen LogP contribution is 2.17. The average molecular weight is 212 g/mol. The first-order valence-corrected chi connectivity index (χ1v) is 4.95. The van der Waals surface area contributed by atoms with Crippen LogP contribution >= 0.6 is 0 Å². The lowest BCUT2D eigenvalue weighted by Gasteiger charge is -2.11. The van der Waals surface area contributed by atoms with Crippen molar-refractivity contribution in [2.75, 3.05) is 0 Å². The molecule has 0 saturated carbocycles. The molecule has 2 unspecified atom stereocenters. The SMILES string of the molecule is C=CC(=O)C(C)CCC(C)C(=O)C(=C)F. The molecule has 0 rings (SSSR count). The van der Waals surface area contributed by atoms with Crippen LogP contribution in [0.3, 0.4) is 0 Å². The Balaban J connectivity index is 4.06. The van der Waals surface area contributed by atoms with Gasteiger partial charge >= 0.3 is 0 Å². The van der Waals surface area contributed by atoms with Gasteiger partial charge in [-0.25, -0.2) is 4.39 Å². The maximum absolute atomic E-state index is 12.5. The molecule has 0 radical (unpaired) electrons. The van der Waals surface area contributed by atoms with E-state index in [9.17, 15) is 14.0 Å². The normalized spacial score (nSPS) is 14.1. The van der Waals surface area contributed by atoms with Gasteiger partial charge in [0, 0.05) is 11.8 Å². The first-order valence-electron chi connectivity index (χ1n) is 4.95. The summed E-state index contributed by atoms with van der Waals surface area (Å²) in [6, 6.07) is 0. The van der Waals surface area contributed by atoms with Gasteiger partial charge in [-0.1, -0.05) is 27.0 Å². The van der Waals surface area contributed by atoms with E-state index >= 15 is 0 Å². The molecule has 0 fully saturated rings. The van der Waals surface area contributed by atoms with Gasteiger partial charge in [0.25, 0.3) is 0 Å². The van der Waals surface area contributed by atoms with Crippen LogP contribution in [0.1, 0.15) is 26.7 Å². The monoisotopic (exact) mass is 212 g/mol. The van der Waals surface area contributed by atoms with Crippen LogP contribution in [0.15, 0.2) is 25.1 Å². The van der Waals surface area contributed by atoms with Crippen molar-refractivity contribution in [3.63, 3.8) is 0 Å². The highest BCUT2D eigenvalue weighted by Gasteiger charge is 2.18. The molecule has 0 heterocycles. The largest absolute Gasteiger partial charge is 0.295 e. The summed E-state index contributed by atoms with van der Waals surface area (Å²) in [6.45, 7) is 9.74. The van der Waals surface area contributed by atoms with Gasteiger partial charge in [0.05, 0.1) is 0 Å². The maximum atomic E-state index is 12.5. The van der Waals surface area contributed by atoms with E-state index < -0.39 is 17.5 Å². The van der Waals surface area contributed by atoms with Gasteiger partial charge in [-0.2, -0.15) is 0 Å². The molecule has 0 aromatic heterocycles. The number of Topliss-reactive ketones (excluding diaryl/α,β-unsaturated/α-hetero) is 1. The molecular weight excluding hydrogens is 195 g/mol. The zero-order valence-electron chi connectivity index (χ0n) is 9.25. The minimum atomic E-state index is -0.912. The second-order valence-corrected chi connectivity index (χ2v) is 3.76. The van der Waals surface area contributed by atoms with Gasteiger partial charge in [-0.3, -0.25) is 9.59 Å². The number of rotatable bonds is 7. The standard InChI is InChI=1S/C12H17FO2/c1-5-11(14)8(2)6-7-9(3)12(15)10(4)13/h5,8-9H,1,4,6-7H2,2-3H3. The van der Waals surface area contributed by atoms with Gasteiger partial charge in [0.1, 0.15) is 0 Å². The van der Waals surface area contributed by atoms with Crippen molar-refractivity contribution in [1.29, 1.82) is 0 Å². The summed E-state index contributed by atoms with van der Waals surface area (Å²) in [5.41, 5.74) is 0. The Kier molecular flexibility index (Phi) is 5.75. The van der Waals surface area contributed by atoms with Crippen LogP contribution < -0.4 is 0 Å². The lowest BCUT2D eigenvalue weighted by atomic mass is 9.92. The van der Waals surface area contributed by atoms with Crippen molar-refractivity contribution >= 4 is 11.6 Å². The highest BCUT2D eigenvalue weighted by atomic mass is 19.1. The molecule has 0 aliphatic carbocycles. The van der Waals surface area contributed by atoms with E-state index in [0.717, 1.165) is 0 Å². The number of carbonyl (C=O) groups excluding carboxylic acids is 2. The molecule has 3 heteroatoms. The first kappa shape index (κ1) is 13.8. The molecule has 0 bridgehead atoms. The second kappa shape index (κ2) is 6.27. The smallest absolute Gasteiger partial charge is 0.193 e. The summed E-state index contributed by atoms with van der Waals surface area (Å²) in [7, 11) is 0. The van der Waals surface area contributed by atoms with Crippen LogP contribution in [0.5, 0.6) is 0 Å². The molecule has 2 nitrogen and oxygen atoms in total. The number of carbonyl (C=O) groups is 2. The third kappa shape index (κ3) is 4.68. The van der Waals surface area contributed by atoms with Gasteiger partial charge in [-0.15, -0.1) is 0 Å². The van der Waals surface area contributed by atoms with Crippen LogP contribution in [0, 0.1) is 11.8 Å². The number of hydrogen-bond acceptors (Lipinski definition) is 2. The van der Waals surface area contributed by atoms with E-state index in [1.807, 2.05) is 0 Å². The van der Waals surface area contributed by atoms with Crippen molar-refractivity contribution in [2.24, 2.45) is 11.8 Å². The molecule has 15 heavy (non-hydrogen) atoms. The van der Waals surface area contributed by atoms with E-state index in [0.29, 0.717) is 12.8 Å². The third-order valence-corrected chi connectivity index (χ3v) is 2.43. The Hall–Kier alpha value is -1.25. The van der Waals surface area contributed by atoms with E-state index in [-0.39, 0.29) is 11.7 Å². The Bertz CT molecular complexity index is 281. The van der Waals surface area contributed by atoms with Crippen molar-refractivity contribution in [2.45, 2.75) is 26.7 Å². The molecule has 0 aliphatic heterocycles. The zero-order chi connectivity index (χ0) is 12.0. The van der Waals surface area contributed by atoms with E-state index in [4.69, 9.17) is 0 Å². The summed E-state index contributed by atoms with van der Waals surface area (Å²) < 4.78 is 12.5. The quantitative estimate of drug-likeness (QED) is 0.608. The molecule has 0 spiro atoms. The number of allylic oxidation sites excluding steroid dienone is 2. The fourth-order valence-corrected chi connectivity index (χ4v) is 1.24. The molecule has 0 aliphatic rings. The summed E-state index contributed by atoms with van der Waals surface area (Å²) in [5.74, 6) is -2.11. The van der Waals surface area contributed by atoms with Crippen molar-refractivity contribution in [1.82, 2.24) is 0 Å². The van der Waals surface area contributed by atoms with Gasteiger partial charge < -0.3 is 0 Å². The average Bonchev–Trinajstić information content (AvgIpc) is 2.22. The van der Waals surface area contributed by atoms with Crippen molar-refractivity contribution in [3.8, 4) is 0 Å². The lowest BCUT2D eigenvalue weighted by Crippen LogP contribution is -2.14. The van der Waals surface area contributed by atoms with Crippen LogP contribution in [0.25, 0.3) is 0 Å². The fourth-order valence-electron chi connectivity index (χ4n) is 1.24. The molecule has 2 atom stereocenters. The highest BCUT2D eigenvalue weighted by molar-refractivity contribution is 5.94. The molecular formula is C12H17FO2. The van der Waals surface area contributed by atoms with Crippen LogP contribution in [0.4, 0.5) is 4.39 Å². The van der Waals surface area contributed by atoms with E-state index in [2.05, 4.69) is 13.2 Å². The summed E-state index contributed by atoms with van der Waals surface area (Å²) in [6.07, 6.45) is 2.32. The topological polar surface area (TPSA) is 34.1 Å². The van der Waals surface area contributed by atoms with Crippen LogP contribution in [-0.2, 0) is 9.59 Å². The van der Waals surface area contributed by atoms with Gasteiger partial charge in [0.2, 0.25) is 0 Å². The van der Waals surface area contributed by atoms with Crippen molar-refractivity contribution in [3.05, 3.63) is 25.1 Å². The lowest BCUT2D eigenvalue weighted by molar-refractivity contribution is -0.121. The Morgan fingerprint density at radius 1 is 1.27 bits per heavy atom. The molecule has 84 valence electrons. The molecule has 0 N–H and O–H groups in total. The Labute approximate surface area is 89.9 Å². The zero-order valence-corrected chi connectivity index (χ0v) is 9.25. The predicted octanol–water partition coefficient (Wildman–Crippen LogP) is 2.85. The van der Waals surface area contributed by atoms with E-state index in [1.54, 1.807) is 13.8 Å². The Morgan fingerprint density at radius 3 is 2.13 bits per heavy atom. The Morgan fingerprint density at radius 2 is 1.73 bits per heavy atom. The van der Waals surface area contributed by atoms with Crippen LogP contribution in [-0.4, -0.2) is 11.6 Å². The van der Waals surface area contributed by atoms with Crippen molar-refractivity contribution < 1.29 is 14.0 Å². The fraction of sp³-hybridized carbons (Fsp3) is 0.500. The van der Waals surface area contributed by atoms with E-state index in [1.165, 1.54) is 6.08 Å². The first-order chi connectivity index (χ1) is 6.90. The number of hydrogen-bond donors (Lipinski definition) is 0. The molecule has 0 saturated heterocycles.